The minimum atomic E-state index is -1.19. The molecule has 38 heavy (non-hydrogen) atoms. The molecule has 7 rings (SSSR count). The van der Waals surface area contributed by atoms with Crippen molar-refractivity contribution in [3.8, 4) is 5.75 Å². The Labute approximate surface area is 241 Å². The van der Waals surface area contributed by atoms with E-state index >= 15 is 0 Å². The number of nitrogens with zero attached hydrogens (tertiary/aromatic N) is 2. The zero-order valence-electron chi connectivity index (χ0n) is 22.1. The average molecular weight is 602 g/mol. The Bertz CT molecular complexity index is 1220. The lowest BCUT2D eigenvalue weighted by molar-refractivity contribution is -0.958. The van der Waals surface area contributed by atoms with Crippen molar-refractivity contribution in [1.82, 2.24) is 4.98 Å². The van der Waals surface area contributed by atoms with Crippen molar-refractivity contribution >= 4 is 11.6 Å². The molecule has 0 radical (unpaired) electrons. The van der Waals surface area contributed by atoms with E-state index in [0.29, 0.717) is 11.8 Å². The second-order valence-corrected chi connectivity index (χ2v) is 12.0. The first kappa shape index (κ1) is 27.7. The number of benzene rings is 2. The fourth-order valence-electron chi connectivity index (χ4n) is 7.03. The molecular weight excluding hydrogens is 564 g/mol. The van der Waals surface area contributed by atoms with Gasteiger partial charge in [0.2, 0.25) is 5.89 Å². The summed E-state index contributed by atoms with van der Waals surface area (Å²) in [5, 5.41) is 12.9. The Morgan fingerprint density at radius 2 is 1.79 bits per heavy atom. The van der Waals surface area contributed by atoms with Gasteiger partial charge in [0, 0.05) is 29.7 Å². The normalized spacial score (nSPS) is 26.9. The Morgan fingerprint density at radius 3 is 2.50 bits per heavy atom. The summed E-state index contributed by atoms with van der Waals surface area (Å²) >= 11 is 6.36. The maximum Gasteiger partial charge on any atom is 0.231 e. The fourth-order valence-corrected chi connectivity index (χ4v) is 7.20. The van der Waals surface area contributed by atoms with Crippen molar-refractivity contribution in [2.45, 2.75) is 70.1 Å². The maximum absolute atomic E-state index is 12.2. The van der Waals surface area contributed by atoms with Gasteiger partial charge in [-0.05, 0) is 43.0 Å². The molecule has 2 bridgehead atoms. The van der Waals surface area contributed by atoms with Crippen LogP contribution in [-0.4, -0.2) is 40.3 Å². The van der Waals surface area contributed by atoms with Crippen molar-refractivity contribution in [3.63, 3.8) is 0 Å². The predicted octanol–water partition coefficient (Wildman–Crippen LogP) is 3.64. The van der Waals surface area contributed by atoms with Crippen molar-refractivity contribution in [1.29, 1.82) is 0 Å². The van der Waals surface area contributed by atoms with E-state index in [9.17, 15) is 5.11 Å². The molecule has 0 spiro atoms. The van der Waals surface area contributed by atoms with Crippen LogP contribution in [0.25, 0.3) is 0 Å². The highest BCUT2D eigenvalue weighted by Gasteiger charge is 2.49. The summed E-state index contributed by atoms with van der Waals surface area (Å²) in [7, 11) is 0. The standard InChI is InChI=1S/C31H38ClN2O3.BrH/c1-22-12-13-26(18-28(22)32)36-29-21-34(16-14-23(29)15-17-34)20-27-19-33-30(37-27)31(35,24-8-4-2-5-9-24)25-10-6-3-7-11-25;/h2,4-5,8-9,12-13,18-19,23,25,29,35H,3,6-7,10-11,14-17,20-21H2,1H3;1H/q+1;/p-1/t23?,29-,31?,34?;/m0./s1. The number of fused-ring (bicyclic) bond motifs is 3. The first-order valence-electron chi connectivity index (χ1n) is 14.0. The third-order valence-corrected chi connectivity index (χ3v) is 9.66. The van der Waals surface area contributed by atoms with Crippen LogP contribution in [0.5, 0.6) is 5.75 Å². The second-order valence-electron chi connectivity index (χ2n) is 11.6. The van der Waals surface area contributed by atoms with Crippen LogP contribution in [-0.2, 0) is 12.1 Å². The number of ether oxygens (including phenoxy) is 1. The number of hydrogen-bond donors (Lipinski definition) is 1. The molecule has 4 heterocycles. The molecule has 3 aromatic rings. The molecule has 3 saturated heterocycles. The van der Waals surface area contributed by atoms with E-state index in [0.717, 1.165) is 96.8 Å². The van der Waals surface area contributed by atoms with Gasteiger partial charge in [0.25, 0.3) is 0 Å². The fraction of sp³-hybridized carbons (Fsp3) is 0.516. The van der Waals surface area contributed by atoms with Gasteiger partial charge in [-0.15, -0.1) is 0 Å². The molecule has 1 N–H and O–H groups in total. The molecule has 4 aliphatic rings. The number of halogens is 2. The summed E-state index contributed by atoms with van der Waals surface area (Å²) in [5.41, 5.74) is 0.758. The predicted molar refractivity (Wildman–Crippen MR) is 144 cm³/mol. The molecule has 1 aromatic heterocycles. The monoisotopic (exact) mass is 600 g/mol. The molecule has 5 nitrogen and oxygen atoms in total. The SMILES string of the molecule is Cc1ccc(O[C@H]2C[N+]3(Cc4cnc(C(O)(c5ccccc5)C5CCCCC5)o4)CCC2CC3)cc1Cl.[Br-]. The van der Waals surface area contributed by atoms with Gasteiger partial charge in [-0.1, -0.05) is 67.3 Å². The molecule has 1 unspecified atom stereocenters. The molecule has 1 aliphatic carbocycles. The summed E-state index contributed by atoms with van der Waals surface area (Å²) in [6.07, 6.45) is 9.84. The van der Waals surface area contributed by atoms with Crippen LogP contribution in [0.4, 0.5) is 0 Å². The van der Waals surface area contributed by atoms with Gasteiger partial charge in [0.1, 0.15) is 18.8 Å². The molecule has 4 fully saturated rings. The van der Waals surface area contributed by atoms with Gasteiger partial charge in [-0.3, -0.25) is 0 Å². The Morgan fingerprint density at radius 1 is 1.05 bits per heavy atom. The van der Waals surface area contributed by atoms with E-state index in [1.54, 1.807) is 0 Å². The van der Waals surface area contributed by atoms with Gasteiger partial charge >= 0.3 is 0 Å². The third-order valence-electron chi connectivity index (χ3n) is 9.25. The van der Waals surface area contributed by atoms with Crippen LogP contribution in [0.2, 0.25) is 5.02 Å². The Hall–Kier alpha value is -1.86. The number of aryl methyl sites for hydroxylation is 1. The van der Waals surface area contributed by atoms with Crippen molar-refractivity contribution in [2.24, 2.45) is 11.8 Å². The largest absolute Gasteiger partial charge is 1.00 e. The lowest BCUT2D eigenvalue weighted by Crippen LogP contribution is -3.00. The van der Waals surface area contributed by atoms with Crippen molar-refractivity contribution in [3.05, 3.63) is 82.5 Å². The number of oxazole rings is 1. The van der Waals surface area contributed by atoms with Gasteiger partial charge in [-0.25, -0.2) is 4.98 Å². The van der Waals surface area contributed by atoms with Crippen molar-refractivity contribution in [2.75, 3.05) is 19.6 Å². The van der Waals surface area contributed by atoms with Crippen LogP contribution in [0.1, 0.15) is 67.7 Å². The number of rotatable bonds is 7. The lowest BCUT2D eigenvalue weighted by Gasteiger charge is -2.51. The van der Waals surface area contributed by atoms with E-state index in [1.165, 1.54) is 6.42 Å². The summed E-state index contributed by atoms with van der Waals surface area (Å²) in [5.74, 6) is 2.87. The number of quaternary nitrogens is 1. The molecular formula is C31H38BrClN2O3. The quantitative estimate of drug-likeness (QED) is 0.420. The average Bonchev–Trinajstić information content (AvgIpc) is 3.40. The van der Waals surface area contributed by atoms with Gasteiger partial charge in [-0.2, -0.15) is 0 Å². The van der Waals surface area contributed by atoms with E-state index in [1.807, 2.05) is 61.7 Å². The first-order chi connectivity index (χ1) is 18.0. The second kappa shape index (κ2) is 11.3. The number of piperidine rings is 3. The first-order valence-corrected chi connectivity index (χ1v) is 14.3. The maximum atomic E-state index is 12.2. The highest BCUT2D eigenvalue weighted by molar-refractivity contribution is 6.31. The minimum absolute atomic E-state index is 0. The van der Waals surface area contributed by atoms with Crippen LogP contribution in [0.15, 0.2) is 59.1 Å². The van der Waals surface area contributed by atoms with E-state index < -0.39 is 5.60 Å². The van der Waals surface area contributed by atoms with Crippen molar-refractivity contribution < 1.29 is 35.7 Å². The number of hydrogen-bond acceptors (Lipinski definition) is 4. The van der Waals surface area contributed by atoms with Crippen LogP contribution < -0.4 is 21.7 Å². The van der Waals surface area contributed by atoms with E-state index in [4.69, 9.17) is 25.7 Å². The highest BCUT2D eigenvalue weighted by atomic mass is 79.9. The minimum Gasteiger partial charge on any atom is -1.00 e. The van der Waals surface area contributed by atoms with E-state index in [2.05, 4.69) is 0 Å². The van der Waals surface area contributed by atoms with Crippen LogP contribution >= 0.6 is 11.6 Å². The van der Waals surface area contributed by atoms with E-state index in [-0.39, 0.29) is 29.0 Å². The summed E-state index contributed by atoms with van der Waals surface area (Å²) < 4.78 is 13.9. The summed E-state index contributed by atoms with van der Waals surface area (Å²) in [6.45, 7) is 6.00. The Balaban J connectivity index is 0.00000294. The lowest BCUT2D eigenvalue weighted by atomic mass is 9.73. The van der Waals surface area contributed by atoms with Gasteiger partial charge in [0.15, 0.2) is 17.5 Å². The van der Waals surface area contributed by atoms with Gasteiger partial charge in [0.05, 0.1) is 19.3 Å². The van der Waals surface area contributed by atoms with Crippen LogP contribution in [0, 0.1) is 18.8 Å². The zero-order valence-corrected chi connectivity index (χ0v) is 24.5. The zero-order chi connectivity index (χ0) is 25.5. The molecule has 2 atom stereocenters. The molecule has 0 amide bonds. The number of aliphatic hydroxyl groups is 1. The third kappa shape index (κ3) is 5.30. The van der Waals surface area contributed by atoms with Gasteiger partial charge < -0.3 is 35.7 Å². The topological polar surface area (TPSA) is 55.5 Å². The van der Waals surface area contributed by atoms with Crippen LogP contribution in [0.3, 0.4) is 0 Å². The molecule has 7 heteroatoms. The smallest absolute Gasteiger partial charge is 0.231 e. The number of aromatic nitrogens is 1. The molecule has 3 aliphatic heterocycles. The summed E-state index contributed by atoms with van der Waals surface area (Å²) in [6, 6.07) is 16.0. The molecule has 1 saturated carbocycles. The highest BCUT2D eigenvalue weighted by Crippen LogP contribution is 2.44. The summed E-state index contributed by atoms with van der Waals surface area (Å²) in [4.78, 5) is 4.72. The molecule has 204 valence electrons. The Kier molecular flexibility index (Phi) is 8.25. The molecule has 2 aromatic carbocycles.